The van der Waals surface area contributed by atoms with E-state index < -0.39 is 30.0 Å². The number of hydrogen-bond acceptors (Lipinski definition) is 6. The molecular formula is C21H19ClF3N3O5. The molecule has 2 aromatic rings. The number of unbranched alkanes of at least 4 members (excludes halogenated alkanes) is 1. The number of aromatic nitrogens is 1. The molecule has 0 saturated heterocycles. The minimum atomic E-state index is -4.84. The molecule has 0 saturated carbocycles. The van der Waals surface area contributed by atoms with E-state index in [1.807, 2.05) is 0 Å². The summed E-state index contributed by atoms with van der Waals surface area (Å²) in [4.78, 5) is 40.1. The van der Waals surface area contributed by atoms with Gasteiger partial charge in [0.2, 0.25) is 0 Å². The Hall–Kier alpha value is -3.34. The fraction of sp³-hybridized carbons (Fsp3) is 0.333. The van der Waals surface area contributed by atoms with Crippen molar-refractivity contribution in [1.29, 1.82) is 0 Å². The number of carbonyl (C=O) groups is 3. The Labute approximate surface area is 191 Å². The minimum absolute atomic E-state index is 0.0569. The highest BCUT2D eigenvalue weighted by Crippen LogP contribution is 2.30. The maximum atomic E-state index is 12.3. The van der Waals surface area contributed by atoms with Gasteiger partial charge in [-0.25, -0.2) is 4.98 Å². The number of Topliss-reactive ketones (excluding diaryl/α,β-unsaturated/α-hetero) is 1. The highest BCUT2D eigenvalue weighted by molar-refractivity contribution is 6.31. The van der Waals surface area contributed by atoms with Crippen molar-refractivity contribution >= 4 is 29.2 Å². The van der Waals surface area contributed by atoms with Gasteiger partial charge in [0.15, 0.2) is 11.9 Å². The number of alkyl halides is 3. The number of amides is 2. The van der Waals surface area contributed by atoms with E-state index in [-0.39, 0.29) is 24.4 Å². The maximum absolute atomic E-state index is 12.3. The van der Waals surface area contributed by atoms with E-state index in [0.29, 0.717) is 35.7 Å². The fourth-order valence-corrected chi connectivity index (χ4v) is 3.19. The van der Waals surface area contributed by atoms with Crippen molar-refractivity contribution in [3.05, 3.63) is 52.8 Å². The summed E-state index contributed by atoms with van der Waals surface area (Å²) in [5.41, 5.74) is 0.290. The predicted molar refractivity (Wildman–Crippen MR) is 110 cm³/mol. The van der Waals surface area contributed by atoms with E-state index in [9.17, 15) is 27.6 Å². The molecule has 33 heavy (non-hydrogen) atoms. The quantitative estimate of drug-likeness (QED) is 0.556. The van der Waals surface area contributed by atoms with E-state index in [4.69, 9.17) is 16.3 Å². The lowest BCUT2D eigenvalue weighted by atomic mass is 10.0. The first-order chi connectivity index (χ1) is 15.6. The summed E-state index contributed by atoms with van der Waals surface area (Å²) in [5.74, 6) is -1.41. The first-order valence-electron chi connectivity index (χ1n) is 9.89. The van der Waals surface area contributed by atoms with Crippen molar-refractivity contribution in [3.63, 3.8) is 0 Å². The van der Waals surface area contributed by atoms with Crippen LogP contribution in [-0.2, 0) is 4.79 Å². The smallest absolute Gasteiger partial charge is 0.479 e. The molecule has 0 bridgehead atoms. The lowest BCUT2D eigenvalue weighted by molar-refractivity contribution is -0.274. The highest BCUT2D eigenvalue weighted by atomic mass is 35.5. The van der Waals surface area contributed by atoms with Crippen LogP contribution in [0.25, 0.3) is 0 Å². The van der Waals surface area contributed by atoms with Gasteiger partial charge in [-0.15, -0.1) is 13.2 Å². The third kappa shape index (κ3) is 7.07. The van der Waals surface area contributed by atoms with Crippen LogP contribution in [0, 0.1) is 0 Å². The van der Waals surface area contributed by atoms with Gasteiger partial charge >= 0.3 is 6.36 Å². The molecule has 2 N–H and O–H groups in total. The predicted octanol–water partition coefficient (Wildman–Crippen LogP) is 3.29. The van der Waals surface area contributed by atoms with Crippen molar-refractivity contribution in [2.45, 2.75) is 31.7 Å². The number of carbonyl (C=O) groups excluding carboxylic acids is 3. The molecule has 1 aliphatic heterocycles. The summed E-state index contributed by atoms with van der Waals surface area (Å²) in [5, 5.41) is 5.68. The van der Waals surface area contributed by atoms with E-state index in [1.165, 1.54) is 6.07 Å². The van der Waals surface area contributed by atoms with Crippen molar-refractivity contribution in [2.75, 3.05) is 13.1 Å². The van der Waals surface area contributed by atoms with E-state index >= 15 is 0 Å². The second kappa shape index (κ2) is 10.5. The van der Waals surface area contributed by atoms with Crippen LogP contribution >= 0.6 is 11.6 Å². The fourth-order valence-electron chi connectivity index (χ4n) is 3.02. The van der Waals surface area contributed by atoms with Crippen molar-refractivity contribution in [1.82, 2.24) is 15.6 Å². The number of ether oxygens (including phenoxy) is 2. The highest BCUT2D eigenvalue weighted by Gasteiger charge is 2.32. The summed E-state index contributed by atoms with van der Waals surface area (Å²) >= 11 is 5.87. The molecule has 0 fully saturated rings. The average Bonchev–Trinajstić information content (AvgIpc) is 2.75. The molecule has 3 rings (SSSR count). The molecular weight excluding hydrogens is 467 g/mol. The Bertz CT molecular complexity index is 1030. The summed E-state index contributed by atoms with van der Waals surface area (Å²) in [6.07, 6.45) is -3.99. The topological polar surface area (TPSA) is 107 Å². The third-order valence-electron chi connectivity index (χ3n) is 4.57. The zero-order valence-electron chi connectivity index (χ0n) is 17.1. The van der Waals surface area contributed by atoms with Crippen LogP contribution in [0.3, 0.4) is 0 Å². The van der Waals surface area contributed by atoms with Gasteiger partial charge in [-0.2, -0.15) is 0 Å². The molecule has 1 aromatic heterocycles. The van der Waals surface area contributed by atoms with Gasteiger partial charge in [-0.3, -0.25) is 14.4 Å². The Morgan fingerprint density at radius 3 is 2.55 bits per heavy atom. The summed E-state index contributed by atoms with van der Waals surface area (Å²) < 4.78 is 45.7. The van der Waals surface area contributed by atoms with Gasteiger partial charge < -0.3 is 20.1 Å². The molecule has 0 aliphatic carbocycles. The van der Waals surface area contributed by atoms with Gasteiger partial charge in [0, 0.05) is 18.1 Å². The van der Waals surface area contributed by atoms with Gasteiger partial charge in [-0.1, -0.05) is 11.6 Å². The Morgan fingerprint density at radius 1 is 1.15 bits per heavy atom. The molecule has 1 atom stereocenters. The number of benzene rings is 1. The van der Waals surface area contributed by atoms with Crippen molar-refractivity contribution in [3.8, 4) is 11.5 Å². The number of rotatable bonds is 8. The van der Waals surface area contributed by atoms with E-state index in [0.717, 1.165) is 18.3 Å². The first kappa shape index (κ1) is 24.3. The molecule has 0 unspecified atom stereocenters. The van der Waals surface area contributed by atoms with Crippen LogP contribution in [-0.4, -0.2) is 48.1 Å². The van der Waals surface area contributed by atoms with Crippen LogP contribution in [0.5, 0.6) is 11.5 Å². The molecule has 0 radical (unpaired) electrons. The van der Waals surface area contributed by atoms with Crippen LogP contribution < -0.4 is 20.1 Å². The van der Waals surface area contributed by atoms with Gasteiger partial charge in [0.05, 0.1) is 18.2 Å². The normalized spacial score (nSPS) is 15.3. The van der Waals surface area contributed by atoms with Crippen LogP contribution in [0.4, 0.5) is 13.2 Å². The van der Waals surface area contributed by atoms with Gasteiger partial charge in [0.1, 0.15) is 17.2 Å². The summed E-state index contributed by atoms with van der Waals surface area (Å²) in [7, 11) is 0. The van der Waals surface area contributed by atoms with Crippen LogP contribution in [0.2, 0.25) is 5.02 Å². The minimum Gasteiger partial charge on any atom is -0.479 e. The SMILES string of the molecule is O=C(NCCCCNC(=O)[C@@H]1CC(=O)c2cc(Cl)ccc2O1)c1ccc(OC(F)(F)F)cn1. The zero-order chi connectivity index (χ0) is 24.0. The Balaban J connectivity index is 1.34. The lowest BCUT2D eigenvalue weighted by Crippen LogP contribution is -2.42. The number of ketones is 1. The number of pyridine rings is 1. The standard InChI is InChI=1S/C21H19ClF3N3O5/c22-12-3-6-17-14(9-12)16(29)10-18(32-17)20(31)27-8-2-1-7-26-19(30)15-5-4-13(11-28-15)33-21(23,24)25/h3-6,9,11,18H,1-2,7-8,10H2,(H,26,30)(H,27,31)/t18-/m0/s1. The van der Waals surface area contributed by atoms with Crippen molar-refractivity contribution in [2.24, 2.45) is 0 Å². The lowest BCUT2D eigenvalue weighted by Gasteiger charge is -2.24. The summed E-state index contributed by atoms with van der Waals surface area (Å²) in [6.45, 7) is 0.571. The van der Waals surface area contributed by atoms with Gasteiger partial charge in [0.25, 0.3) is 11.8 Å². The molecule has 176 valence electrons. The zero-order valence-corrected chi connectivity index (χ0v) is 17.8. The van der Waals surface area contributed by atoms with E-state index in [2.05, 4.69) is 20.4 Å². The Kier molecular flexibility index (Phi) is 7.75. The van der Waals surface area contributed by atoms with Crippen LogP contribution in [0.15, 0.2) is 36.5 Å². The number of halogens is 4. The second-order valence-corrected chi connectivity index (χ2v) is 7.49. The molecule has 1 aromatic carbocycles. The Morgan fingerprint density at radius 2 is 1.88 bits per heavy atom. The number of hydrogen-bond donors (Lipinski definition) is 2. The molecule has 12 heteroatoms. The molecule has 1 aliphatic rings. The summed E-state index contributed by atoms with van der Waals surface area (Å²) in [6, 6.07) is 6.73. The number of nitrogens with one attached hydrogen (secondary N) is 2. The third-order valence-corrected chi connectivity index (χ3v) is 4.80. The number of fused-ring (bicyclic) bond motifs is 1. The molecule has 2 amide bonds. The van der Waals surface area contributed by atoms with Crippen LogP contribution in [0.1, 0.15) is 40.1 Å². The van der Waals surface area contributed by atoms with Gasteiger partial charge in [-0.05, 0) is 43.2 Å². The molecule has 2 heterocycles. The van der Waals surface area contributed by atoms with Crippen molar-refractivity contribution < 1.29 is 37.0 Å². The monoisotopic (exact) mass is 485 g/mol. The molecule has 0 spiro atoms. The first-order valence-corrected chi connectivity index (χ1v) is 10.3. The molecule has 8 nitrogen and oxygen atoms in total. The maximum Gasteiger partial charge on any atom is 0.573 e. The largest absolute Gasteiger partial charge is 0.573 e. The number of nitrogens with zero attached hydrogens (tertiary/aromatic N) is 1. The second-order valence-electron chi connectivity index (χ2n) is 7.06. The van der Waals surface area contributed by atoms with E-state index in [1.54, 1.807) is 12.1 Å². The average molecular weight is 486 g/mol.